The van der Waals surface area contributed by atoms with Crippen LogP contribution in [0.1, 0.15) is 27.2 Å². The van der Waals surface area contributed by atoms with Gasteiger partial charge < -0.3 is 15.0 Å². The molecule has 0 radical (unpaired) electrons. The number of hydrogen-bond donors (Lipinski definition) is 2. The lowest BCUT2D eigenvalue weighted by molar-refractivity contribution is -0.127. The van der Waals surface area contributed by atoms with Gasteiger partial charge in [-0.25, -0.2) is 0 Å². The number of H-pyrrole nitrogens is 1. The summed E-state index contributed by atoms with van der Waals surface area (Å²) in [5, 5.41) is 11.1. The number of hydrogen-bond acceptors (Lipinski definition) is 5. The Balaban J connectivity index is 1.38. The van der Waals surface area contributed by atoms with Crippen LogP contribution in [-0.2, 0) is 11.2 Å². The van der Waals surface area contributed by atoms with Gasteiger partial charge in [0.1, 0.15) is 11.8 Å². The quantitative estimate of drug-likeness (QED) is 0.603. The summed E-state index contributed by atoms with van der Waals surface area (Å²) in [5.41, 5.74) is 4.53. The fourth-order valence-corrected chi connectivity index (χ4v) is 4.33. The first-order valence-corrected chi connectivity index (χ1v) is 11.2. The van der Waals surface area contributed by atoms with Crippen molar-refractivity contribution in [3.8, 4) is 5.75 Å². The summed E-state index contributed by atoms with van der Waals surface area (Å²) in [6.45, 7) is 6.06. The predicted octanol–water partition coefficient (Wildman–Crippen LogP) is 2.30. The maximum Gasteiger partial charge on any atom is 0.275 e. The lowest BCUT2D eigenvalue weighted by atomic mass is 10.1. The van der Waals surface area contributed by atoms with Gasteiger partial charge in [0.25, 0.3) is 5.91 Å². The maximum atomic E-state index is 13.2. The minimum atomic E-state index is -0.396. The molecule has 1 fully saturated rings. The highest BCUT2D eigenvalue weighted by atomic mass is 16.5. The topological polar surface area (TPSA) is 90.6 Å². The molecule has 0 bridgehead atoms. The van der Waals surface area contributed by atoms with Crippen molar-refractivity contribution >= 4 is 22.7 Å². The number of amides is 2. The summed E-state index contributed by atoms with van der Waals surface area (Å²) in [4.78, 5) is 29.9. The molecule has 8 nitrogen and oxygen atoms in total. The van der Waals surface area contributed by atoms with Crippen LogP contribution in [0.4, 0.5) is 0 Å². The number of carbonyl (C=O) groups is 2. The summed E-state index contributed by atoms with van der Waals surface area (Å²) in [6, 6.07) is 11.5. The number of methoxy groups -OCH3 is 1. The normalized spacial score (nSPS) is 16.7. The molecule has 1 atom stereocenters. The standard InChI is InChI=1S/C25H31N5O3/c1-16-5-7-20-19(13-16)23(28-27-20)25(32)30-12-11-29(3)21(15-30)24(31)26-10-9-18-6-8-22(33-4)17(2)14-18/h5-8,13-14,21H,9-12,15H2,1-4H3,(H,26,31)(H,27,28). The molecular weight excluding hydrogens is 418 g/mol. The highest BCUT2D eigenvalue weighted by Crippen LogP contribution is 2.21. The van der Waals surface area contributed by atoms with E-state index in [1.807, 2.05) is 56.1 Å². The van der Waals surface area contributed by atoms with Crippen molar-refractivity contribution in [2.24, 2.45) is 0 Å². The van der Waals surface area contributed by atoms with Gasteiger partial charge in [0.15, 0.2) is 5.69 Å². The molecular formula is C25H31N5O3. The van der Waals surface area contributed by atoms with Crippen molar-refractivity contribution < 1.29 is 14.3 Å². The van der Waals surface area contributed by atoms with Crippen molar-refractivity contribution in [1.82, 2.24) is 25.3 Å². The van der Waals surface area contributed by atoms with Crippen LogP contribution in [0.25, 0.3) is 10.9 Å². The van der Waals surface area contributed by atoms with Crippen molar-refractivity contribution in [3.05, 3.63) is 58.8 Å². The average molecular weight is 450 g/mol. The van der Waals surface area contributed by atoms with E-state index in [1.54, 1.807) is 12.0 Å². The van der Waals surface area contributed by atoms with Crippen LogP contribution in [0.3, 0.4) is 0 Å². The molecule has 1 aromatic heterocycles. The highest BCUT2D eigenvalue weighted by Gasteiger charge is 2.33. The number of nitrogens with one attached hydrogen (secondary N) is 2. The Kier molecular flexibility index (Phi) is 6.65. The Morgan fingerprint density at radius 2 is 2.00 bits per heavy atom. The zero-order valence-corrected chi connectivity index (χ0v) is 19.6. The zero-order chi connectivity index (χ0) is 23.5. The van der Waals surface area contributed by atoms with E-state index in [2.05, 4.69) is 21.6 Å². The fourth-order valence-electron chi connectivity index (χ4n) is 4.33. The molecule has 1 aliphatic heterocycles. The number of aromatic nitrogens is 2. The molecule has 1 aliphatic rings. The monoisotopic (exact) mass is 449 g/mol. The first-order valence-electron chi connectivity index (χ1n) is 11.2. The van der Waals surface area contributed by atoms with Crippen LogP contribution in [0.15, 0.2) is 36.4 Å². The minimum Gasteiger partial charge on any atom is -0.496 e. The number of aromatic amines is 1. The van der Waals surface area contributed by atoms with Crippen molar-refractivity contribution in [1.29, 1.82) is 0 Å². The van der Waals surface area contributed by atoms with E-state index < -0.39 is 6.04 Å². The number of likely N-dealkylation sites (N-methyl/N-ethyl adjacent to an activating group) is 1. The number of nitrogens with zero attached hydrogens (tertiary/aromatic N) is 3. The van der Waals surface area contributed by atoms with Gasteiger partial charge in [-0.3, -0.25) is 19.6 Å². The van der Waals surface area contributed by atoms with Gasteiger partial charge >= 0.3 is 0 Å². The van der Waals surface area contributed by atoms with Gasteiger partial charge in [-0.1, -0.05) is 23.8 Å². The third-order valence-corrected chi connectivity index (χ3v) is 6.33. The summed E-state index contributed by atoms with van der Waals surface area (Å²) < 4.78 is 5.31. The van der Waals surface area contributed by atoms with Crippen molar-refractivity contribution in [3.63, 3.8) is 0 Å². The lowest BCUT2D eigenvalue weighted by Crippen LogP contribution is -2.58. The summed E-state index contributed by atoms with van der Waals surface area (Å²) >= 11 is 0. The van der Waals surface area contributed by atoms with Gasteiger partial charge in [0, 0.05) is 31.6 Å². The Bertz CT molecular complexity index is 1170. The Morgan fingerprint density at radius 3 is 2.76 bits per heavy atom. The number of fused-ring (bicyclic) bond motifs is 1. The zero-order valence-electron chi connectivity index (χ0n) is 19.6. The first kappa shape index (κ1) is 22.8. The summed E-state index contributed by atoms with van der Waals surface area (Å²) in [6.07, 6.45) is 0.730. The van der Waals surface area contributed by atoms with Crippen LogP contribution < -0.4 is 10.1 Å². The van der Waals surface area contributed by atoms with Crippen LogP contribution in [0.5, 0.6) is 5.75 Å². The Labute approximate surface area is 193 Å². The molecule has 2 N–H and O–H groups in total. The van der Waals surface area contributed by atoms with Gasteiger partial charge in [-0.2, -0.15) is 5.10 Å². The molecule has 4 rings (SSSR count). The molecule has 1 saturated heterocycles. The van der Waals surface area contributed by atoms with E-state index in [0.717, 1.165) is 39.8 Å². The molecule has 2 amide bonds. The van der Waals surface area contributed by atoms with Gasteiger partial charge in [-0.05, 0) is 56.6 Å². The van der Waals surface area contributed by atoms with E-state index in [4.69, 9.17) is 4.74 Å². The van der Waals surface area contributed by atoms with Crippen LogP contribution >= 0.6 is 0 Å². The van der Waals surface area contributed by atoms with Gasteiger partial charge in [0.2, 0.25) is 5.91 Å². The Morgan fingerprint density at radius 1 is 1.18 bits per heavy atom. The van der Waals surface area contributed by atoms with Crippen LogP contribution in [0, 0.1) is 13.8 Å². The average Bonchev–Trinajstić information content (AvgIpc) is 3.22. The molecule has 2 aromatic carbocycles. The third kappa shape index (κ3) is 4.85. The van der Waals surface area contributed by atoms with Crippen LogP contribution in [0.2, 0.25) is 0 Å². The number of benzene rings is 2. The molecule has 3 aromatic rings. The fraction of sp³-hybridized carbons (Fsp3) is 0.400. The molecule has 174 valence electrons. The number of carbonyl (C=O) groups excluding carboxylic acids is 2. The molecule has 0 aliphatic carbocycles. The van der Waals surface area contributed by atoms with E-state index in [-0.39, 0.29) is 11.8 Å². The molecule has 0 spiro atoms. The van der Waals surface area contributed by atoms with Gasteiger partial charge in [0.05, 0.1) is 12.6 Å². The lowest BCUT2D eigenvalue weighted by Gasteiger charge is -2.38. The third-order valence-electron chi connectivity index (χ3n) is 6.33. The SMILES string of the molecule is COc1ccc(CCNC(=O)C2CN(C(=O)c3n[nH]c4ccc(C)cc34)CCN2C)cc1C. The molecule has 2 heterocycles. The number of piperazine rings is 1. The van der Waals surface area contributed by atoms with E-state index in [9.17, 15) is 9.59 Å². The number of rotatable bonds is 6. The van der Waals surface area contributed by atoms with Crippen molar-refractivity contribution in [2.45, 2.75) is 26.3 Å². The van der Waals surface area contributed by atoms with E-state index >= 15 is 0 Å². The molecule has 8 heteroatoms. The second-order valence-corrected chi connectivity index (χ2v) is 8.71. The smallest absolute Gasteiger partial charge is 0.275 e. The summed E-state index contributed by atoms with van der Waals surface area (Å²) in [5.74, 6) is 0.644. The van der Waals surface area contributed by atoms with Gasteiger partial charge in [-0.15, -0.1) is 0 Å². The molecule has 0 saturated carbocycles. The maximum absolute atomic E-state index is 13.2. The predicted molar refractivity (Wildman–Crippen MR) is 128 cm³/mol. The number of aryl methyl sites for hydroxylation is 2. The second-order valence-electron chi connectivity index (χ2n) is 8.71. The van der Waals surface area contributed by atoms with Crippen molar-refractivity contribution in [2.75, 3.05) is 40.3 Å². The minimum absolute atomic E-state index is 0.0667. The summed E-state index contributed by atoms with van der Waals surface area (Å²) in [7, 11) is 3.58. The largest absolute Gasteiger partial charge is 0.496 e. The number of ether oxygens (including phenoxy) is 1. The first-order chi connectivity index (χ1) is 15.9. The second kappa shape index (κ2) is 9.62. The van der Waals surface area contributed by atoms with E-state index in [1.165, 1.54) is 0 Å². The molecule has 1 unspecified atom stereocenters. The Hall–Kier alpha value is -3.39. The molecule has 33 heavy (non-hydrogen) atoms. The highest BCUT2D eigenvalue weighted by molar-refractivity contribution is 6.05. The van der Waals surface area contributed by atoms with E-state index in [0.29, 0.717) is 31.9 Å². The van der Waals surface area contributed by atoms with Crippen LogP contribution in [-0.4, -0.2) is 78.2 Å².